The molecule has 3 aromatic heterocycles. The number of carbonyl (C=O) groups is 1. The van der Waals surface area contributed by atoms with E-state index in [1.807, 2.05) is 0 Å². The SMILES string of the molecule is O=C(Nc1nc2ccc(N(c3ccc(Cl)s3)[SH](=O)=O)cc2s1)c1ccco1. The summed E-state index contributed by atoms with van der Waals surface area (Å²) in [6.07, 6.45) is 1.41. The number of nitrogens with one attached hydrogen (secondary N) is 1. The van der Waals surface area contributed by atoms with E-state index in [1.165, 1.54) is 21.9 Å². The van der Waals surface area contributed by atoms with Crippen molar-refractivity contribution in [1.29, 1.82) is 0 Å². The van der Waals surface area contributed by atoms with E-state index >= 15 is 0 Å². The third-order valence-electron chi connectivity index (χ3n) is 3.51. The molecular weight excluding hydrogens is 430 g/mol. The smallest absolute Gasteiger partial charge is 0.293 e. The number of nitrogens with zero attached hydrogens (tertiary/aromatic N) is 2. The Balaban J connectivity index is 1.66. The van der Waals surface area contributed by atoms with E-state index in [2.05, 4.69) is 10.3 Å². The summed E-state index contributed by atoms with van der Waals surface area (Å²) >= 11 is 8.32. The molecule has 11 heteroatoms. The number of halogens is 1. The van der Waals surface area contributed by atoms with Crippen LogP contribution >= 0.6 is 34.3 Å². The molecule has 1 aromatic carbocycles. The maximum absolute atomic E-state index is 12.1. The molecule has 0 aliphatic carbocycles. The van der Waals surface area contributed by atoms with Crippen molar-refractivity contribution in [2.75, 3.05) is 9.62 Å². The minimum atomic E-state index is -2.90. The maximum atomic E-state index is 12.1. The van der Waals surface area contributed by atoms with Gasteiger partial charge in [-0.3, -0.25) is 10.1 Å². The van der Waals surface area contributed by atoms with Crippen LogP contribution in [0, 0.1) is 0 Å². The minimum absolute atomic E-state index is 0.180. The van der Waals surface area contributed by atoms with Gasteiger partial charge in [0.25, 0.3) is 5.91 Å². The Morgan fingerprint density at radius 1 is 1.19 bits per heavy atom. The highest BCUT2D eigenvalue weighted by atomic mass is 35.5. The molecule has 0 saturated heterocycles. The van der Waals surface area contributed by atoms with E-state index in [4.69, 9.17) is 16.0 Å². The van der Waals surface area contributed by atoms with Gasteiger partial charge in [0.15, 0.2) is 10.9 Å². The van der Waals surface area contributed by atoms with Gasteiger partial charge in [-0.25, -0.2) is 17.7 Å². The molecule has 0 unspecified atom stereocenters. The zero-order valence-electron chi connectivity index (χ0n) is 13.3. The van der Waals surface area contributed by atoms with Gasteiger partial charge in [-0.2, -0.15) is 0 Å². The second-order valence-corrected chi connectivity index (χ2v) is 8.83. The molecule has 0 bridgehead atoms. The fourth-order valence-corrected chi connectivity index (χ4v) is 5.11. The topological polar surface area (TPSA) is 92.5 Å². The second-order valence-electron chi connectivity index (χ2n) is 5.23. The number of benzene rings is 1. The lowest BCUT2D eigenvalue weighted by atomic mass is 10.3. The molecule has 27 heavy (non-hydrogen) atoms. The van der Waals surface area contributed by atoms with Crippen LogP contribution in [0.15, 0.2) is 53.1 Å². The number of amides is 1. The predicted molar refractivity (Wildman–Crippen MR) is 108 cm³/mol. The summed E-state index contributed by atoms with van der Waals surface area (Å²) in [4.78, 5) is 16.4. The summed E-state index contributed by atoms with van der Waals surface area (Å²) in [5, 5.41) is 3.55. The quantitative estimate of drug-likeness (QED) is 0.446. The van der Waals surface area contributed by atoms with Crippen LogP contribution in [-0.4, -0.2) is 19.3 Å². The van der Waals surface area contributed by atoms with Crippen LogP contribution < -0.4 is 9.62 Å². The Morgan fingerprint density at radius 2 is 2.04 bits per heavy atom. The average molecular weight is 440 g/mol. The first kappa shape index (κ1) is 18.0. The van der Waals surface area contributed by atoms with Gasteiger partial charge in [0.1, 0.15) is 5.00 Å². The number of furan rings is 1. The molecular formula is C16H10ClN3O4S3. The molecule has 0 saturated carbocycles. The highest BCUT2D eigenvalue weighted by Crippen LogP contribution is 2.37. The molecule has 7 nitrogen and oxygen atoms in total. The van der Waals surface area contributed by atoms with Crippen molar-refractivity contribution in [3.63, 3.8) is 0 Å². The van der Waals surface area contributed by atoms with E-state index in [9.17, 15) is 13.2 Å². The van der Waals surface area contributed by atoms with Crippen LogP contribution in [-0.2, 0) is 10.9 Å². The first-order chi connectivity index (χ1) is 13.0. The van der Waals surface area contributed by atoms with E-state index in [0.29, 0.717) is 25.7 Å². The Hall–Kier alpha value is -2.40. The number of thiophene rings is 1. The Labute approximate surface area is 167 Å². The number of hydrogen-bond donors (Lipinski definition) is 2. The van der Waals surface area contributed by atoms with Gasteiger partial charge in [0.2, 0.25) is 10.9 Å². The summed E-state index contributed by atoms with van der Waals surface area (Å²) in [6, 6.07) is 11.5. The van der Waals surface area contributed by atoms with Crippen LogP contribution in [0.25, 0.3) is 10.2 Å². The van der Waals surface area contributed by atoms with E-state index in [-0.39, 0.29) is 5.76 Å². The predicted octanol–water partition coefficient (Wildman–Crippen LogP) is 4.52. The third kappa shape index (κ3) is 3.69. The van der Waals surface area contributed by atoms with Crippen LogP contribution in [0.5, 0.6) is 0 Å². The molecule has 0 aliphatic heterocycles. The maximum Gasteiger partial charge on any atom is 0.293 e. The second kappa shape index (κ2) is 7.31. The monoisotopic (exact) mass is 439 g/mol. The number of carbonyl (C=O) groups excluding carboxylic acids is 1. The summed E-state index contributed by atoms with van der Waals surface area (Å²) in [7, 11) is -2.90. The number of aromatic nitrogens is 1. The van der Waals surface area contributed by atoms with Gasteiger partial charge in [-0.1, -0.05) is 22.9 Å². The molecule has 1 amide bonds. The van der Waals surface area contributed by atoms with E-state index < -0.39 is 16.8 Å². The highest BCUT2D eigenvalue weighted by Gasteiger charge is 2.17. The lowest BCUT2D eigenvalue weighted by molar-refractivity contribution is 0.0996. The van der Waals surface area contributed by atoms with Crippen LogP contribution in [0.2, 0.25) is 4.34 Å². The zero-order valence-corrected chi connectivity index (χ0v) is 16.6. The molecule has 0 atom stereocenters. The minimum Gasteiger partial charge on any atom is -0.459 e. The standard InChI is InChI=1S/C16H10ClN3O4S3/c17-13-5-6-14(26-13)20(27(22)23)9-3-4-10-12(8-9)25-16(18-10)19-15(21)11-2-1-7-24-11/h1-8,27H,(H,18,19,21). The number of hydrogen-bond acceptors (Lipinski definition) is 7. The van der Waals surface area contributed by atoms with Crippen molar-refractivity contribution in [2.24, 2.45) is 0 Å². The fraction of sp³-hybridized carbons (Fsp3) is 0. The summed E-state index contributed by atoms with van der Waals surface area (Å²) in [5.74, 6) is -0.226. The molecule has 0 aliphatic rings. The summed E-state index contributed by atoms with van der Waals surface area (Å²) < 4.78 is 31.0. The average Bonchev–Trinajstić information content (AvgIpc) is 3.35. The van der Waals surface area contributed by atoms with Gasteiger partial charge in [0, 0.05) is 0 Å². The Morgan fingerprint density at radius 3 is 2.70 bits per heavy atom. The van der Waals surface area contributed by atoms with Gasteiger partial charge < -0.3 is 4.42 Å². The first-order valence-electron chi connectivity index (χ1n) is 7.46. The lowest BCUT2D eigenvalue weighted by Gasteiger charge is -2.15. The van der Waals surface area contributed by atoms with Gasteiger partial charge in [0.05, 0.1) is 26.5 Å². The molecule has 0 spiro atoms. The van der Waals surface area contributed by atoms with E-state index in [1.54, 1.807) is 42.5 Å². The number of rotatable bonds is 5. The summed E-state index contributed by atoms with van der Waals surface area (Å²) in [6.45, 7) is 0. The molecule has 0 fully saturated rings. The van der Waals surface area contributed by atoms with Crippen molar-refractivity contribution >= 4 is 77.1 Å². The highest BCUT2D eigenvalue weighted by molar-refractivity contribution is 7.74. The lowest BCUT2D eigenvalue weighted by Crippen LogP contribution is -2.12. The molecule has 0 radical (unpaired) electrons. The van der Waals surface area contributed by atoms with Gasteiger partial charge in [-0.05, 0) is 42.5 Å². The number of anilines is 3. The Kier molecular flexibility index (Phi) is 4.87. The normalized spacial score (nSPS) is 11.2. The van der Waals surface area contributed by atoms with Crippen molar-refractivity contribution in [1.82, 2.24) is 4.98 Å². The first-order valence-corrected chi connectivity index (χ1v) is 10.6. The number of thiazole rings is 1. The molecule has 4 aromatic rings. The number of thiol groups is 1. The molecule has 138 valence electrons. The molecule has 1 N–H and O–H groups in total. The third-order valence-corrected chi connectivity index (χ3v) is 6.57. The van der Waals surface area contributed by atoms with Crippen molar-refractivity contribution in [3.8, 4) is 0 Å². The van der Waals surface area contributed by atoms with Gasteiger partial charge in [-0.15, -0.1) is 11.3 Å². The van der Waals surface area contributed by atoms with Crippen molar-refractivity contribution in [2.45, 2.75) is 0 Å². The van der Waals surface area contributed by atoms with E-state index in [0.717, 1.165) is 16.0 Å². The molecule has 3 heterocycles. The molecule has 4 rings (SSSR count). The Bertz CT molecular complexity index is 1190. The van der Waals surface area contributed by atoms with Crippen LogP contribution in [0.1, 0.15) is 10.6 Å². The zero-order chi connectivity index (χ0) is 19.0. The van der Waals surface area contributed by atoms with Crippen LogP contribution in [0.4, 0.5) is 15.8 Å². The van der Waals surface area contributed by atoms with Crippen molar-refractivity contribution in [3.05, 3.63) is 58.8 Å². The summed E-state index contributed by atoms with van der Waals surface area (Å²) in [5.41, 5.74) is 1.11. The van der Waals surface area contributed by atoms with Gasteiger partial charge >= 0.3 is 0 Å². The van der Waals surface area contributed by atoms with Crippen LogP contribution in [0.3, 0.4) is 0 Å². The number of fused-ring (bicyclic) bond motifs is 1. The largest absolute Gasteiger partial charge is 0.459 e. The van der Waals surface area contributed by atoms with Crippen molar-refractivity contribution < 1.29 is 17.6 Å². The fourth-order valence-electron chi connectivity index (χ4n) is 2.39.